The quantitative estimate of drug-likeness (QED) is 0.674. The highest BCUT2D eigenvalue weighted by Gasteiger charge is 2.31. The Morgan fingerprint density at radius 2 is 1.68 bits per heavy atom. The first-order valence-electron chi connectivity index (χ1n) is 5.71. The average Bonchev–Trinajstić information content (AvgIpc) is 2.34. The molecular weight excluding hydrogens is 287 g/mol. The number of hydrogen-bond donors (Lipinski definition) is 1. The Morgan fingerprint density at radius 1 is 1.16 bits per heavy atom. The highest BCUT2D eigenvalue weighted by atomic mass is 35.5. The highest BCUT2D eigenvalue weighted by molar-refractivity contribution is 6.53. The standard InChI is InChI=1S/C13H16Cl2N2O2/c1-13(2,3)17(12(19)10(14)15)16-11(18)9-7-5-4-6-8-9/h4-8,10H,1-3H3,(H,16,18). The third-order valence-electron chi connectivity index (χ3n) is 2.33. The second-order valence-corrected chi connectivity index (χ2v) is 6.05. The van der Waals surface area contributed by atoms with E-state index in [4.69, 9.17) is 23.2 Å². The van der Waals surface area contributed by atoms with Crippen molar-refractivity contribution in [2.75, 3.05) is 0 Å². The number of amides is 2. The van der Waals surface area contributed by atoms with E-state index in [0.29, 0.717) is 5.56 Å². The fourth-order valence-corrected chi connectivity index (χ4v) is 1.60. The van der Waals surface area contributed by atoms with Crippen molar-refractivity contribution in [1.82, 2.24) is 10.4 Å². The maximum atomic E-state index is 12.0. The van der Waals surface area contributed by atoms with E-state index in [1.54, 1.807) is 51.1 Å². The van der Waals surface area contributed by atoms with E-state index in [2.05, 4.69) is 5.43 Å². The number of nitrogens with one attached hydrogen (secondary N) is 1. The molecule has 19 heavy (non-hydrogen) atoms. The number of hydrazine groups is 1. The van der Waals surface area contributed by atoms with Gasteiger partial charge in [0.05, 0.1) is 5.54 Å². The number of alkyl halides is 2. The van der Waals surface area contributed by atoms with Gasteiger partial charge in [0.25, 0.3) is 11.8 Å². The Balaban J connectivity index is 2.91. The molecule has 1 N–H and O–H groups in total. The normalized spacial score (nSPS) is 11.3. The third-order valence-corrected chi connectivity index (χ3v) is 2.70. The molecule has 104 valence electrons. The lowest BCUT2D eigenvalue weighted by molar-refractivity contribution is -0.137. The summed E-state index contributed by atoms with van der Waals surface area (Å²) in [6.07, 6.45) is 0. The van der Waals surface area contributed by atoms with Crippen LogP contribution in [0.1, 0.15) is 31.1 Å². The van der Waals surface area contributed by atoms with Gasteiger partial charge in [-0.15, -0.1) is 0 Å². The summed E-state index contributed by atoms with van der Waals surface area (Å²) in [7, 11) is 0. The largest absolute Gasteiger partial charge is 0.274 e. The lowest BCUT2D eigenvalue weighted by Gasteiger charge is -2.35. The number of carbonyl (C=O) groups excluding carboxylic acids is 2. The Morgan fingerprint density at radius 3 is 2.11 bits per heavy atom. The zero-order valence-corrected chi connectivity index (χ0v) is 12.5. The minimum atomic E-state index is -1.23. The summed E-state index contributed by atoms with van der Waals surface area (Å²) in [6.45, 7) is 5.31. The molecule has 1 rings (SSSR count). The predicted octanol–water partition coefficient (Wildman–Crippen LogP) is 2.76. The summed E-state index contributed by atoms with van der Waals surface area (Å²) in [6, 6.07) is 8.59. The van der Waals surface area contributed by atoms with Gasteiger partial charge < -0.3 is 0 Å². The number of hydrogen-bond acceptors (Lipinski definition) is 2. The summed E-state index contributed by atoms with van der Waals surface area (Å²) in [5, 5.41) is 1.15. The van der Waals surface area contributed by atoms with Gasteiger partial charge in [0, 0.05) is 5.56 Å². The van der Waals surface area contributed by atoms with Crippen molar-refractivity contribution < 1.29 is 9.59 Å². The summed E-state index contributed by atoms with van der Waals surface area (Å²) >= 11 is 11.2. The van der Waals surface area contributed by atoms with Crippen LogP contribution in [0.15, 0.2) is 30.3 Å². The van der Waals surface area contributed by atoms with Gasteiger partial charge in [0.15, 0.2) is 4.84 Å². The van der Waals surface area contributed by atoms with Gasteiger partial charge in [-0.2, -0.15) is 0 Å². The molecular formula is C13H16Cl2N2O2. The number of carbonyl (C=O) groups is 2. The molecule has 0 saturated carbocycles. The predicted molar refractivity (Wildman–Crippen MR) is 76.0 cm³/mol. The minimum absolute atomic E-state index is 0.391. The van der Waals surface area contributed by atoms with Crippen LogP contribution in [-0.2, 0) is 4.79 Å². The summed E-state index contributed by atoms with van der Waals surface area (Å²) in [5.41, 5.74) is 2.34. The Labute approximate surface area is 122 Å². The first-order valence-corrected chi connectivity index (χ1v) is 6.59. The van der Waals surface area contributed by atoms with Crippen LogP contribution < -0.4 is 5.43 Å². The van der Waals surface area contributed by atoms with Gasteiger partial charge in [-0.05, 0) is 32.9 Å². The lowest BCUT2D eigenvalue weighted by Crippen LogP contribution is -2.57. The molecule has 6 heteroatoms. The van der Waals surface area contributed by atoms with Crippen LogP contribution in [0, 0.1) is 0 Å². The van der Waals surface area contributed by atoms with E-state index in [-0.39, 0.29) is 0 Å². The molecule has 0 aromatic heterocycles. The van der Waals surface area contributed by atoms with E-state index in [1.807, 2.05) is 0 Å². The molecule has 0 atom stereocenters. The molecule has 4 nitrogen and oxygen atoms in total. The van der Waals surface area contributed by atoms with Crippen LogP contribution in [0.3, 0.4) is 0 Å². The summed E-state index contributed by atoms with van der Waals surface area (Å²) < 4.78 is 0. The SMILES string of the molecule is CC(C)(C)N(NC(=O)c1ccccc1)C(=O)C(Cl)Cl. The van der Waals surface area contributed by atoms with Crippen molar-refractivity contribution in [1.29, 1.82) is 0 Å². The molecule has 0 fully saturated rings. The van der Waals surface area contributed by atoms with Gasteiger partial charge in [0.2, 0.25) is 0 Å². The Hall–Kier alpha value is -1.26. The minimum Gasteiger partial charge on any atom is -0.270 e. The number of nitrogens with zero attached hydrogens (tertiary/aromatic N) is 1. The smallest absolute Gasteiger partial charge is 0.270 e. The molecule has 0 saturated heterocycles. The number of benzene rings is 1. The van der Waals surface area contributed by atoms with Crippen LogP contribution >= 0.6 is 23.2 Å². The van der Waals surface area contributed by atoms with Crippen LogP contribution in [0.25, 0.3) is 0 Å². The fraction of sp³-hybridized carbons (Fsp3) is 0.385. The summed E-state index contributed by atoms with van der Waals surface area (Å²) in [5.74, 6) is -0.960. The molecule has 0 bridgehead atoms. The second-order valence-electron chi connectivity index (χ2n) is 4.95. The Kier molecular flexibility index (Phi) is 5.20. The first-order chi connectivity index (χ1) is 8.73. The van der Waals surface area contributed by atoms with Crippen molar-refractivity contribution in [2.45, 2.75) is 31.1 Å². The molecule has 0 radical (unpaired) electrons. The van der Waals surface area contributed by atoms with E-state index in [0.717, 1.165) is 5.01 Å². The lowest BCUT2D eigenvalue weighted by atomic mass is 10.1. The van der Waals surface area contributed by atoms with Gasteiger partial charge in [-0.1, -0.05) is 41.4 Å². The van der Waals surface area contributed by atoms with Gasteiger partial charge >= 0.3 is 0 Å². The molecule has 1 aromatic carbocycles. The maximum absolute atomic E-state index is 12.0. The van der Waals surface area contributed by atoms with Crippen molar-refractivity contribution in [3.05, 3.63) is 35.9 Å². The highest BCUT2D eigenvalue weighted by Crippen LogP contribution is 2.16. The van der Waals surface area contributed by atoms with Crippen LogP contribution in [0.5, 0.6) is 0 Å². The van der Waals surface area contributed by atoms with Gasteiger partial charge in [-0.3, -0.25) is 15.0 Å². The van der Waals surface area contributed by atoms with Crippen LogP contribution in [0.4, 0.5) is 0 Å². The van der Waals surface area contributed by atoms with Crippen molar-refractivity contribution in [3.8, 4) is 0 Å². The molecule has 0 unspecified atom stereocenters. The molecule has 2 amide bonds. The monoisotopic (exact) mass is 302 g/mol. The topological polar surface area (TPSA) is 49.4 Å². The van der Waals surface area contributed by atoms with Crippen molar-refractivity contribution in [2.24, 2.45) is 0 Å². The molecule has 0 heterocycles. The maximum Gasteiger partial charge on any atom is 0.274 e. The molecule has 0 spiro atoms. The van der Waals surface area contributed by atoms with Crippen LogP contribution in [-0.4, -0.2) is 27.2 Å². The van der Waals surface area contributed by atoms with E-state index in [9.17, 15) is 9.59 Å². The average molecular weight is 303 g/mol. The second kappa shape index (κ2) is 6.26. The molecule has 0 aliphatic heterocycles. The zero-order valence-electron chi connectivity index (χ0n) is 11.0. The van der Waals surface area contributed by atoms with Crippen molar-refractivity contribution >= 4 is 35.0 Å². The van der Waals surface area contributed by atoms with Gasteiger partial charge in [0.1, 0.15) is 0 Å². The van der Waals surface area contributed by atoms with E-state index < -0.39 is 22.2 Å². The van der Waals surface area contributed by atoms with Gasteiger partial charge in [-0.25, -0.2) is 5.01 Å². The zero-order chi connectivity index (χ0) is 14.6. The van der Waals surface area contributed by atoms with Crippen LogP contribution in [0.2, 0.25) is 0 Å². The van der Waals surface area contributed by atoms with E-state index >= 15 is 0 Å². The molecule has 0 aliphatic rings. The van der Waals surface area contributed by atoms with E-state index in [1.165, 1.54) is 0 Å². The first kappa shape index (κ1) is 15.8. The third kappa shape index (κ3) is 4.40. The Bertz CT molecular complexity index is 455. The fourth-order valence-electron chi connectivity index (χ4n) is 1.41. The number of rotatable bonds is 2. The summed E-state index contributed by atoms with van der Waals surface area (Å²) in [4.78, 5) is 22.7. The number of halogens is 2. The molecule has 0 aliphatic carbocycles. The molecule has 1 aromatic rings. The van der Waals surface area contributed by atoms with Crippen molar-refractivity contribution in [3.63, 3.8) is 0 Å².